The van der Waals surface area contributed by atoms with Crippen LogP contribution in [0.15, 0.2) is 206 Å². The first kappa shape index (κ1) is 37.7. The Hall–Kier alpha value is -8.30. The third-order valence-electron chi connectivity index (χ3n) is 13.0. The summed E-state index contributed by atoms with van der Waals surface area (Å²) in [6.45, 7) is 4.69. The number of anilines is 3. The van der Waals surface area contributed by atoms with Crippen LogP contribution in [0.4, 0.5) is 17.1 Å². The Morgan fingerprint density at radius 1 is 0.397 bits per heavy atom. The van der Waals surface area contributed by atoms with Crippen LogP contribution in [-0.4, -0.2) is 4.57 Å². The van der Waals surface area contributed by atoms with Gasteiger partial charge in [-0.25, -0.2) is 0 Å². The lowest BCUT2D eigenvalue weighted by Gasteiger charge is -2.28. The number of nitrogens with zero attached hydrogens (tertiary/aromatic N) is 2. The van der Waals surface area contributed by atoms with Gasteiger partial charge in [0.25, 0.3) is 0 Å². The Kier molecular flexibility index (Phi) is 8.97. The summed E-state index contributed by atoms with van der Waals surface area (Å²) in [4.78, 5) is 2.39. The normalized spacial score (nSPS) is 12.4. The van der Waals surface area contributed by atoms with Gasteiger partial charge >= 0.3 is 0 Å². The largest absolute Gasteiger partial charge is 0.310 e. The molecular formula is C61H42N2. The summed E-state index contributed by atoms with van der Waals surface area (Å²) >= 11 is 0. The Labute approximate surface area is 369 Å². The summed E-state index contributed by atoms with van der Waals surface area (Å²) in [6.07, 6.45) is 11.6. The first-order valence-electron chi connectivity index (χ1n) is 21.4. The van der Waals surface area contributed by atoms with Crippen molar-refractivity contribution in [2.75, 3.05) is 4.90 Å². The highest BCUT2D eigenvalue weighted by Gasteiger charge is 2.35. The highest BCUT2D eigenvalue weighted by atomic mass is 15.1. The lowest BCUT2D eigenvalue weighted by atomic mass is 9.82. The first-order chi connectivity index (χ1) is 30.9. The van der Waals surface area contributed by atoms with E-state index in [1.54, 1.807) is 0 Å². The van der Waals surface area contributed by atoms with E-state index in [-0.39, 0.29) is 5.41 Å². The predicted molar refractivity (Wildman–Crippen MR) is 265 cm³/mol. The molecule has 0 bridgehead atoms. The van der Waals surface area contributed by atoms with Crippen LogP contribution in [0.25, 0.3) is 72.0 Å². The maximum Gasteiger partial charge on any atom is 0.0541 e. The SMILES string of the molecule is C#Cc1ccc(-c2ccc3c(c2)c2cc(-c4ccc(N(c5ccc(-c6ccccc6)cc5)c5ccc6c(c5)C(C)(C)c5ccccc5-6)cc4)ccc2n3-c2ccccc2)cc1C#C. The molecule has 0 amide bonds. The third-order valence-corrected chi connectivity index (χ3v) is 13.0. The van der Waals surface area contributed by atoms with Crippen LogP contribution in [0.1, 0.15) is 36.1 Å². The summed E-state index contributed by atoms with van der Waals surface area (Å²) in [5, 5.41) is 2.34. The topological polar surface area (TPSA) is 8.17 Å². The van der Waals surface area contributed by atoms with E-state index in [2.05, 4.69) is 229 Å². The summed E-state index contributed by atoms with van der Waals surface area (Å²) in [5.41, 5.74) is 20.2. The van der Waals surface area contributed by atoms with Crippen molar-refractivity contribution >= 4 is 38.9 Å². The van der Waals surface area contributed by atoms with E-state index in [9.17, 15) is 0 Å². The quantitative estimate of drug-likeness (QED) is 0.146. The summed E-state index contributed by atoms with van der Waals surface area (Å²) < 4.78 is 2.35. The molecule has 2 nitrogen and oxygen atoms in total. The minimum atomic E-state index is -0.116. The molecule has 296 valence electrons. The molecule has 1 aliphatic carbocycles. The van der Waals surface area contributed by atoms with Crippen LogP contribution in [-0.2, 0) is 5.41 Å². The molecule has 0 saturated heterocycles. The Morgan fingerprint density at radius 2 is 0.873 bits per heavy atom. The van der Waals surface area contributed by atoms with Crippen LogP contribution in [0, 0.1) is 24.7 Å². The number of terminal acetylenes is 2. The number of benzene rings is 9. The van der Waals surface area contributed by atoms with Crippen molar-refractivity contribution < 1.29 is 0 Å². The molecule has 10 aromatic rings. The van der Waals surface area contributed by atoms with Crippen molar-refractivity contribution in [3.05, 3.63) is 229 Å². The number of aromatic nitrogens is 1. The average molecular weight is 803 g/mol. The van der Waals surface area contributed by atoms with Crippen molar-refractivity contribution in [2.24, 2.45) is 0 Å². The third kappa shape index (κ3) is 6.32. The standard InChI is InChI=1S/C61H42N2/c1-5-41-21-22-46(37-42(41)6-2)48-28-36-60-56(39-48)55-38-47(27-35-59(55)63(60)49-17-11-8-12-18-49)45-25-31-51(32-26-45)62(50-29-23-44(24-30-50)43-15-9-7-10-16-43)52-33-34-54-53-19-13-14-20-57(53)61(3,4)58(54)40-52/h1-2,7-40H,3-4H3. The van der Waals surface area contributed by atoms with Crippen LogP contribution in [0.3, 0.4) is 0 Å². The van der Waals surface area contributed by atoms with Gasteiger partial charge < -0.3 is 9.47 Å². The maximum absolute atomic E-state index is 5.88. The van der Waals surface area contributed by atoms with Crippen molar-refractivity contribution in [1.82, 2.24) is 4.57 Å². The average Bonchev–Trinajstić information content (AvgIpc) is 3.79. The van der Waals surface area contributed by atoms with E-state index in [1.807, 2.05) is 12.1 Å². The molecule has 0 saturated carbocycles. The monoisotopic (exact) mass is 802 g/mol. The molecule has 1 aliphatic rings. The number of hydrogen-bond donors (Lipinski definition) is 0. The number of para-hydroxylation sites is 1. The number of rotatable bonds is 7. The zero-order chi connectivity index (χ0) is 42.7. The predicted octanol–water partition coefficient (Wildman–Crippen LogP) is 15.5. The molecule has 0 radical (unpaired) electrons. The molecule has 0 aliphatic heterocycles. The molecule has 0 fully saturated rings. The van der Waals surface area contributed by atoms with Crippen LogP contribution < -0.4 is 4.90 Å². The number of fused-ring (bicyclic) bond motifs is 6. The van der Waals surface area contributed by atoms with Gasteiger partial charge in [0.2, 0.25) is 0 Å². The smallest absolute Gasteiger partial charge is 0.0541 e. The van der Waals surface area contributed by atoms with Gasteiger partial charge in [0.1, 0.15) is 0 Å². The highest BCUT2D eigenvalue weighted by molar-refractivity contribution is 6.11. The van der Waals surface area contributed by atoms with Gasteiger partial charge in [-0.05, 0) is 141 Å². The number of hydrogen-bond acceptors (Lipinski definition) is 1. The second-order valence-corrected chi connectivity index (χ2v) is 16.9. The summed E-state index contributed by atoms with van der Waals surface area (Å²) in [6, 6.07) is 74.5. The van der Waals surface area contributed by atoms with Crippen molar-refractivity contribution in [2.45, 2.75) is 19.3 Å². The molecule has 0 N–H and O–H groups in total. The lowest BCUT2D eigenvalue weighted by molar-refractivity contribution is 0.660. The van der Waals surface area contributed by atoms with Gasteiger partial charge in [-0.1, -0.05) is 147 Å². The maximum atomic E-state index is 5.88. The molecular weight excluding hydrogens is 761 g/mol. The van der Waals surface area contributed by atoms with Crippen LogP contribution in [0.5, 0.6) is 0 Å². The molecule has 11 rings (SSSR count). The molecule has 0 unspecified atom stereocenters. The molecule has 2 heteroatoms. The fraction of sp³-hybridized carbons (Fsp3) is 0.0492. The molecule has 0 atom stereocenters. The van der Waals surface area contributed by atoms with Gasteiger partial charge in [-0.2, -0.15) is 0 Å². The van der Waals surface area contributed by atoms with Gasteiger partial charge in [-0.15, -0.1) is 12.8 Å². The van der Waals surface area contributed by atoms with E-state index >= 15 is 0 Å². The first-order valence-corrected chi connectivity index (χ1v) is 21.4. The van der Waals surface area contributed by atoms with Gasteiger partial charge in [-0.3, -0.25) is 0 Å². The van der Waals surface area contributed by atoms with Crippen molar-refractivity contribution in [3.63, 3.8) is 0 Å². The zero-order valence-corrected chi connectivity index (χ0v) is 35.2. The van der Waals surface area contributed by atoms with Crippen molar-refractivity contribution in [3.8, 4) is 74.9 Å². The Bertz CT molecular complexity index is 3470. The Morgan fingerprint density at radius 3 is 1.51 bits per heavy atom. The van der Waals surface area contributed by atoms with Gasteiger partial charge in [0.05, 0.1) is 11.0 Å². The van der Waals surface area contributed by atoms with Gasteiger partial charge in [0.15, 0.2) is 0 Å². The second kappa shape index (κ2) is 15.0. The minimum absolute atomic E-state index is 0.116. The molecule has 1 heterocycles. The summed E-state index contributed by atoms with van der Waals surface area (Å²) in [7, 11) is 0. The molecule has 9 aromatic carbocycles. The fourth-order valence-electron chi connectivity index (χ4n) is 9.72. The Balaban J connectivity index is 1.02. The van der Waals surface area contributed by atoms with Crippen molar-refractivity contribution in [1.29, 1.82) is 0 Å². The summed E-state index contributed by atoms with van der Waals surface area (Å²) in [5.74, 6) is 5.50. The molecule has 1 aromatic heterocycles. The molecule has 63 heavy (non-hydrogen) atoms. The van der Waals surface area contributed by atoms with E-state index < -0.39 is 0 Å². The molecule has 0 spiro atoms. The minimum Gasteiger partial charge on any atom is -0.310 e. The van der Waals surface area contributed by atoms with E-state index in [0.29, 0.717) is 0 Å². The second-order valence-electron chi connectivity index (χ2n) is 16.9. The van der Waals surface area contributed by atoms with Crippen LogP contribution in [0.2, 0.25) is 0 Å². The van der Waals surface area contributed by atoms with Crippen LogP contribution >= 0.6 is 0 Å². The van der Waals surface area contributed by atoms with E-state index in [0.717, 1.165) is 67.2 Å². The van der Waals surface area contributed by atoms with Gasteiger partial charge in [0, 0.05) is 50.1 Å². The lowest BCUT2D eigenvalue weighted by Crippen LogP contribution is -2.16. The van der Waals surface area contributed by atoms with E-state index in [1.165, 1.54) is 44.2 Å². The highest BCUT2D eigenvalue weighted by Crippen LogP contribution is 2.51. The zero-order valence-electron chi connectivity index (χ0n) is 35.2. The fourth-order valence-corrected chi connectivity index (χ4v) is 9.72. The van der Waals surface area contributed by atoms with E-state index in [4.69, 9.17) is 12.8 Å².